The van der Waals surface area contributed by atoms with Crippen molar-refractivity contribution in [2.24, 2.45) is 0 Å². The number of hydrogen-bond acceptors (Lipinski definition) is 2. The minimum absolute atomic E-state index is 0.0887. The molecule has 4 heteroatoms. The summed E-state index contributed by atoms with van der Waals surface area (Å²) in [5, 5.41) is 8.08. The van der Waals surface area contributed by atoms with Crippen molar-refractivity contribution in [1.82, 2.24) is 0 Å². The first-order valence-electron chi connectivity index (χ1n) is 3.29. The summed E-state index contributed by atoms with van der Waals surface area (Å²) in [6.07, 6.45) is 0. The highest BCUT2D eigenvalue weighted by atomic mass is 19.1. The van der Waals surface area contributed by atoms with Crippen LogP contribution in [0, 0.1) is 34.8 Å². The summed E-state index contributed by atoms with van der Waals surface area (Å²) in [7, 11) is 0. The van der Waals surface area contributed by atoms with Crippen LogP contribution in [-0.4, -0.2) is 0 Å². The lowest BCUT2D eigenvalue weighted by molar-refractivity contribution is 0.591. The Kier molecular flexibility index (Phi) is 2.47. The fourth-order valence-electron chi connectivity index (χ4n) is 0.757. The van der Waals surface area contributed by atoms with E-state index in [4.69, 9.17) is 11.0 Å². The molecule has 0 fully saturated rings. The minimum Gasteiger partial charge on any atom is -0.394 e. The molecule has 0 amide bonds. The summed E-state index contributed by atoms with van der Waals surface area (Å²) in [5.74, 6) is 2.53. The fourth-order valence-corrected chi connectivity index (χ4v) is 0.757. The number of benzene rings is 1. The lowest BCUT2D eigenvalue weighted by Gasteiger charge is -1.98. The van der Waals surface area contributed by atoms with Crippen LogP contribution in [0.15, 0.2) is 12.1 Å². The van der Waals surface area contributed by atoms with Crippen molar-refractivity contribution in [2.75, 3.05) is 5.73 Å². The molecule has 13 heavy (non-hydrogen) atoms. The third kappa shape index (κ3) is 1.94. The summed E-state index contributed by atoms with van der Waals surface area (Å²) in [6, 6.07) is 3.48. The third-order valence-electron chi connectivity index (χ3n) is 1.34. The van der Waals surface area contributed by atoms with E-state index in [1.807, 2.05) is 5.92 Å². The zero-order chi connectivity index (χ0) is 9.84. The Labute approximate surface area is 73.6 Å². The minimum atomic E-state index is -0.873. The van der Waals surface area contributed by atoms with Gasteiger partial charge in [0.2, 0.25) is 0 Å². The maximum Gasteiger partial charge on any atom is 0.152 e. The summed E-state index contributed by atoms with van der Waals surface area (Å²) in [4.78, 5) is 0. The van der Waals surface area contributed by atoms with E-state index in [1.165, 1.54) is 6.07 Å². The van der Waals surface area contributed by atoms with Crippen LogP contribution in [0.3, 0.4) is 0 Å². The zero-order valence-corrected chi connectivity index (χ0v) is 6.44. The number of nitrogen functional groups attached to an aromatic ring is 1. The molecule has 0 aliphatic carbocycles. The van der Waals surface area contributed by atoms with Crippen molar-refractivity contribution < 1.29 is 8.78 Å². The topological polar surface area (TPSA) is 49.8 Å². The van der Waals surface area contributed by atoms with E-state index in [0.29, 0.717) is 0 Å². The molecule has 1 aromatic rings. The number of nitriles is 1. The maximum absolute atomic E-state index is 12.8. The Morgan fingerprint density at radius 3 is 2.23 bits per heavy atom. The molecule has 1 rings (SSSR count). The Morgan fingerprint density at radius 2 is 1.77 bits per heavy atom. The Balaban J connectivity index is 3.23. The van der Waals surface area contributed by atoms with Gasteiger partial charge in [0.1, 0.15) is 17.3 Å². The second kappa shape index (κ2) is 3.55. The molecule has 1 aromatic carbocycles. The SMILES string of the molecule is N#CC#Cc1cc(F)c(N)c(F)c1. The number of nitrogens with two attached hydrogens (primary N) is 1. The van der Waals surface area contributed by atoms with Crippen LogP contribution in [0.1, 0.15) is 5.56 Å². The second-order valence-electron chi connectivity index (χ2n) is 2.22. The molecule has 0 spiro atoms. The van der Waals surface area contributed by atoms with E-state index in [-0.39, 0.29) is 5.56 Å². The van der Waals surface area contributed by atoms with Gasteiger partial charge in [-0.25, -0.2) is 8.78 Å². The van der Waals surface area contributed by atoms with Crippen LogP contribution < -0.4 is 5.73 Å². The van der Waals surface area contributed by atoms with Crippen molar-refractivity contribution in [3.63, 3.8) is 0 Å². The molecule has 0 atom stereocenters. The van der Waals surface area contributed by atoms with Gasteiger partial charge in [-0.05, 0) is 12.1 Å². The van der Waals surface area contributed by atoms with Crippen LogP contribution in [0.4, 0.5) is 14.5 Å². The van der Waals surface area contributed by atoms with Crippen LogP contribution in [0.5, 0.6) is 0 Å². The quantitative estimate of drug-likeness (QED) is 0.482. The van der Waals surface area contributed by atoms with Crippen molar-refractivity contribution in [3.05, 3.63) is 29.3 Å². The van der Waals surface area contributed by atoms with E-state index < -0.39 is 17.3 Å². The van der Waals surface area contributed by atoms with Crippen LogP contribution in [0.25, 0.3) is 0 Å². The summed E-state index contributed by atoms with van der Waals surface area (Å²) >= 11 is 0. The van der Waals surface area contributed by atoms with Gasteiger partial charge in [-0.3, -0.25) is 0 Å². The van der Waals surface area contributed by atoms with Crippen LogP contribution in [-0.2, 0) is 0 Å². The molecule has 0 aliphatic rings. The molecule has 0 saturated carbocycles. The van der Waals surface area contributed by atoms with Gasteiger partial charge in [0.05, 0.1) is 0 Å². The predicted molar refractivity (Wildman–Crippen MR) is 43.3 cm³/mol. The molecule has 64 valence electrons. The third-order valence-corrected chi connectivity index (χ3v) is 1.34. The molecule has 2 N–H and O–H groups in total. The van der Waals surface area contributed by atoms with Gasteiger partial charge in [-0.2, -0.15) is 5.26 Å². The molecule has 0 aromatic heterocycles. The fraction of sp³-hybridized carbons (Fsp3) is 0. The largest absolute Gasteiger partial charge is 0.394 e. The lowest BCUT2D eigenvalue weighted by Crippen LogP contribution is -1.95. The van der Waals surface area contributed by atoms with Gasteiger partial charge in [-0.15, -0.1) is 0 Å². The first-order valence-corrected chi connectivity index (χ1v) is 3.29. The van der Waals surface area contributed by atoms with Crippen molar-refractivity contribution >= 4 is 5.69 Å². The zero-order valence-electron chi connectivity index (χ0n) is 6.44. The first-order chi connectivity index (χ1) is 6.15. The van der Waals surface area contributed by atoms with Gasteiger partial charge in [-0.1, -0.05) is 5.92 Å². The number of anilines is 1. The average molecular weight is 178 g/mol. The van der Waals surface area contributed by atoms with Gasteiger partial charge in [0, 0.05) is 11.5 Å². The number of hydrogen-bond donors (Lipinski definition) is 1. The van der Waals surface area contributed by atoms with Crippen LogP contribution in [0.2, 0.25) is 0 Å². The Hall–Kier alpha value is -2.07. The van der Waals surface area contributed by atoms with Gasteiger partial charge < -0.3 is 5.73 Å². The van der Waals surface area contributed by atoms with E-state index in [0.717, 1.165) is 12.1 Å². The number of rotatable bonds is 0. The molecule has 0 radical (unpaired) electrons. The van der Waals surface area contributed by atoms with E-state index >= 15 is 0 Å². The molecular formula is C9H4F2N2. The normalized spacial score (nSPS) is 8.38. The van der Waals surface area contributed by atoms with Crippen LogP contribution >= 0.6 is 0 Å². The molecule has 0 aliphatic heterocycles. The molecule has 0 heterocycles. The van der Waals surface area contributed by atoms with Gasteiger partial charge >= 0.3 is 0 Å². The van der Waals surface area contributed by atoms with Gasteiger partial charge in [0.15, 0.2) is 6.07 Å². The van der Waals surface area contributed by atoms with E-state index in [1.54, 1.807) is 0 Å². The van der Waals surface area contributed by atoms with E-state index in [9.17, 15) is 8.78 Å². The highest BCUT2D eigenvalue weighted by Crippen LogP contribution is 2.16. The van der Waals surface area contributed by atoms with E-state index in [2.05, 4.69) is 5.92 Å². The van der Waals surface area contributed by atoms with Crippen molar-refractivity contribution in [1.29, 1.82) is 5.26 Å². The summed E-state index contributed by atoms with van der Waals surface area (Å²) in [5.41, 5.74) is 4.57. The standard InChI is InChI=1S/C9H4F2N2/c10-7-4-6(2-1-3-12)5-8(11)9(7)13/h4-5H,13H2. The average Bonchev–Trinajstić information content (AvgIpc) is 2.10. The predicted octanol–water partition coefficient (Wildman–Crippen LogP) is 1.42. The number of nitrogens with zero attached hydrogens (tertiary/aromatic N) is 1. The van der Waals surface area contributed by atoms with Gasteiger partial charge in [0.25, 0.3) is 0 Å². The Bertz CT molecular complexity index is 412. The summed E-state index contributed by atoms with van der Waals surface area (Å²) in [6.45, 7) is 0. The molecule has 2 nitrogen and oxygen atoms in total. The summed E-state index contributed by atoms with van der Waals surface area (Å²) < 4.78 is 25.5. The molecule has 0 saturated heterocycles. The lowest BCUT2D eigenvalue weighted by atomic mass is 10.2. The maximum atomic E-state index is 12.8. The smallest absolute Gasteiger partial charge is 0.152 e. The molecule has 0 unspecified atom stereocenters. The second-order valence-corrected chi connectivity index (χ2v) is 2.22. The highest BCUT2D eigenvalue weighted by Gasteiger charge is 2.05. The number of halogens is 2. The van der Waals surface area contributed by atoms with Crippen molar-refractivity contribution in [2.45, 2.75) is 0 Å². The first kappa shape index (κ1) is 9.02. The Morgan fingerprint density at radius 1 is 1.23 bits per heavy atom. The molecular weight excluding hydrogens is 174 g/mol. The molecule has 0 bridgehead atoms. The monoisotopic (exact) mass is 178 g/mol. The highest BCUT2D eigenvalue weighted by molar-refractivity contribution is 5.48. The van der Waals surface area contributed by atoms with Crippen molar-refractivity contribution in [3.8, 4) is 17.9 Å².